The molecule has 0 bridgehead atoms. The number of ether oxygens (including phenoxy) is 3. The number of nitrogens with one attached hydrogen (secondary N) is 1. The summed E-state index contributed by atoms with van der Waals surface area (Å²) in [5.41, 5.74) is -0.471. The predicted octanol–water partition coefficient (Wildman–Crippen LogP) is 1.39. The highest BCUT2D eigenvalue weighted by Crippen LogP contribution is 2.16. The number of morpholine rings is 1. The third-order valence-corrected chi connectivity index (χ3v) is 3.85. The maximum Gasteiger partial charge on any atom is 0.410 e. The van der Waals surface area contributed by atoms with Gasteiger partial charge in [-0.25, -0.2) is 4.79 Å². The lowest BCUT2D eigenvalue weighted by Gasteiger charge is -2.37. The van der Waals surface area contributed by atoms with Gasteiger partial charge < -0.3 is 19.5 Å². The molecule has 2 rings (SSSR count). The van der Waals surface area contributed by atoms with E-state index in [2.05, 4.69) is 12.2 Å². The van der Waals surface area contributed by atoms with Gasteiger partial charge in [0, 0.05) is 25.7 Å². The predicted molar refractivity (Wildman–Crippen MR) is 79.4 cm³/mol. The fourth-order valence-electron chi connectivity index (χ4n) is 2.67. The highest BCUT2D eigenvalue weighted by molar-refractivity contribution is 5.68. The minimum absolute atomic E-state index is 0.0152. The van der Waals surface area contributed by atoms with E-state index in [1.807, 2.05) is 20.8 Å². The Morgan fingerprint density at radius 2 is 2.14 bits per heavy atom. The largest absolute Gasteiger partial charge is 0.444 e. The van der Waals surface area contributed by atoms with E-state index >= 15 is 0 Å². The summed E-state index contributed by atoms with van der Waals surface area (Å²) in [6.45, 7) is 10.9. The van der Waals surface area contributed by atoms with Crippen molar-refractivity contribution in [2.24, 2.45) is 0 Å². The fraction of sp³-hybridized carbons (Fsp3) is 0.933. The van der Waals surface area contributed by atoms with Crippen molar-refractivity contribution in [1.29, 1.82) is 0 Å². The molecule has 122 valence electrons. The van der Waals surface area contributed by atoms with Gasteiger partial charge in [0.05, 0.1) is 25.4 Å². The number of amides is 1. The van der Waals surface area contributed by atoms with Crippen LogP contribution in [-0.2, 0) is 14.2 Å². The van der Waals surface area contributed by atoms with E-state index in [1.165, 1.54) is 0 Å². The number of carbonyl (C=O) groups excluding carboxylic acids is 1. The van der Waals surface area contributed by atoms with Gasteiger partial charge in [-0.15, -0.1) is 0 Å². The zero-order valence-corrected chi connectivity index (χ0v) is 13.6. The van der Waals surface area contributed by atoms with Crippen LogP contribution >= 0.6 is 0 Å². The molecule has 0 aliphatic carbocycles. The van der Waals surface area contributed by atoms with Gasteiger partial charge in [0.2, 0.25) is 0 Å². The number of hydrogen-bond acceptors (Lipinski definition) is 5. The third kappa shape index (κ3) is 4.83. The van der Waals surface area contributed by atoms with E-state index in [0.29, 0.717) is 32.3 Å². The van der Waals surface area contributed by atoms with Gasteiger partial charge in [0.25, 0.3) is 0 Å². The molecule has 2 fully saturated rings. The van der Waals surface area contributed by atoms with Gasteiger partial charge in [-0.1, -0.05) is 0 Å². The molecule has 1 N–H and O–H groups in total. The smallest absolute Gasteiger partial charge is 0.410 e. The molecular weight excluding hydrogens is 272 g/mol. The molecule has 0 spiro atoms. The third-order valence-electron chi connectivity index (χ3n) is 3.85. The van der Waals surface area contributed by atoms with Crippen LogP contribution in [0.2, 0.25) is 0 Å². The SMILES string of the molecule is CC1OCCC1NCC1COCCN1C(=O)OC(C)(C)C. The molecule has 6 heteroatoms. The maximum absolute atomic E-state index is 12.3. The fourth-order valence-corrected chi connectivity index (χ4v) is 2.67. The zero-order chi connectivity index (χ0) is 15.5. The molecule has 3 atom stereocenters. The summed E-state index contributed by atoms with van der Waals surface area (Å²) in [6, 6.07) is 0.369. The van der Waals surface area contributed by atoms with E-state index in [9.17, 15) is 4.79 Å². The van der Waals surface area contributed by atoms with Gasteiger partial charge in [0.15, 0.2) is 0 Å². The molecule has 0 radical (unpaired) electrons. The normalized spacial score (nSPS) is 30.5. The second kappa shape index (κ2) is 6.94. The van der Waals surface area contributed by atoms with Crippen molar-refractivity contribution in [3.63, 3.8) is 0 Å². The Kier molecular flexibility index (Phi) is 5.46. The second-order valence-electron chi connectivity index (χ2n) is 6.78. The molecule has 0 aromatic rings. The van der Waals surface area contributed by atoms with Crippen molar-refractivity contribution in [2.75, 3.05) is 32.9 Å². The zero-order valence-electron chi connectivity index (χ0n) is 13.6. The van der Waals surface area contributed by atoms with E-state index in [0.717, 1.165) is 13.0 Å². The Balaban J connectivity index is 1.87. The molecule has 0 saturated carbocycles. The lowest BCUT2D eigenvalue weighted by molar-refractivity contribution is -0.0325. The van der Waals surface area contributed by atoms with Crippen LogP contribution in [0.15, 0.2) is 0 Å². The number of hydrogen-bond donors (Lipinski definition) is 1. The van der Waals surface area contributed by atoms with Crippen LogP contribution in [-0.4, -0.2) is 67.7 Å². The average molecular weight is 300 g/mol. The minimum Gasteiger partial charge on any atom is -0.444 e. The Bertz CT molecular complexity index is 356. The number of nitrogens with zero attached hydrogens (tertiary/aromatic N) is 1. The summed E-state index contributed by atoms with van der Waals surface area (Å²) in [4.78, 5) is 14.1. The first-order chi connectivity index (χ1) is 9.87. The summed E-state index contributed by atoms with van der Waals surface area (Å²) < 4.78 is 16.5. The van der Waals surface area contributed by atoms with Crippen molar-refractivity contribution in [3.05, 3.63) is 0 Å². The molecule has 2 aliphatic heterocycles. The van der Waals surface area contributed by atoms with Crippen molar-refractivity contribution >= 4 is 6.09 Å². The molecular formula is C15H28N2O4. The van der Waals surface area contributed by atoms with E-state index in [4.69, 9.17) is 14.2 Å². The van der Waals surface area contributed by atoms with Crippen LogP contribution in [0.4, 0.5) is 4.79 Å². The quantitative estimate of drug-likeness (QED) is 0.853. The highest BCUT2D eigenvalue weighted by atomic mass is 16.6. The van der Waals surface area contributed by atoms with Crippen molar-refractivity contribution in [2.45, 2.75) is 57.9 Å². The second-order valence-corrected chi connectivity index (χ2v) is 6.78. The van der Waals surface area contributed by atoms with Crippen molar-refractivity contribution in [3.8, 4) is 0 Å². The van der Waals surface area contributed by atoms with Gasteiger partial charge in [0.1, 0.15) is 5.60 Å². The average Bonchev–Trinajstić information content (AvgIpc) is 2.80. The topological polar surface area (TPSA) is 60.0 Å². The van der Waals surface area contributed by atoms with Crippen molar-refractivity contribution in [1.82, 2.24) is 10.2 Å². The van der Waals surface area contributed by atoms with Crippen LogP contribution in [0.1, 0.15) is 34.1 Å². The van der Waals surface area contributed by atoms with Crippen molar-refractivity contribution < 1.29 is 19.0 Å². The molecule has 3 unspecified atom stereocenters. The minimum atomic E-state index is -0.471. The van der Waals surface area contributed by atoms with Gasteiger partial charge in [-0.05, 0) is 34.1 Å². The Labute approximate surface area is 127 Å². The lowest BCUT2D eigenvalue weighted by Crippen LogP contribution is -2.55. The molecule has 21 heavy (non-hydrogen) atoms. The summed E-state index contributed by atoms with van der Waals surface area (Å²) in [5.74, 6) is 0. The van der Waals surface area contributed by atoms with Crippen LogP contribution in [0.3, 0.4) is 0 Å². The van der Waals surface area contributed by atoms with Gasteiger partial charge >= 0.3 is 6.09 Å². The first kappa shape index (κ1) is 16.5. The van der Waals surface area contributed by atoms with Crippen LogP contribution in [0, 0.1) is 0 Å². The molecule has 0 aromatic heterocycles. The van der Waals surface area contributed by atoms with Crippen LogP contribution < -0.4 is 5.32 Å². The summed E-state index contributed by atoms with van der Waals surface area (Å²) in [7, 11) is 0. The monoisotopic (exact) mass is 300 g/mol. The molecule has 0 aromatic carbocycles. The van der Waals surface area contributed by atoms with Gasteiger partial charge in [-0.2, -0.15) is 0 Å². The van der Waals surface area contributed by atoms with Crippen LogP contribution in [0.25, 0.3) is 0 Å². The standard InChI is InChI=1S/C15H28N2O4/c1-11-13(5-7-20-11)16-9-12-10-19-8-6-17(12)14(18)21-15(2,3)4/h11-13,16H,5-10H2,1-4H3. The summed E-state index contributed by atoms with van der Waals surface area (Å²) >= 11 is 0. The first-order valence-corrected chi connectivity index (χ1v) is 7.79. The molecule has 2 saturated heterocycles. The molecule has 1 amide bonds. The first-order valence-electron chi connectivity index (χ1n) is 7.79. The maximum atomic E-state index is 12.3. The van der Waals surface area contributed by atoms with Crippen LogP contribution in [0.5, 0.6) is 0 Å². The van der Waals surface area contributed by atoms with E-state index in [1.54, 1.807) is 4.90 Å². The molecule has 2 aliphatic rings. The molecule has 6 nitrogen and oxygen atoms in total. The summed E-state index contributed by atoms with van der Waals surface area (Å²) in [6.07, 6.45) is 0.985. The lowest BCUT2D eigenvalue weighted by atomic mass is 10.1. The molecule has 2 heterocycles. The van der Waals surface area contributed by atoms with E-state index < -0.39 is 5.60 Å². The van der Waals surface area contributed by atoms with Gasteiger partial charge in [-0.3, -0.25) is 4.90 Å². The highest BCUT2D eigenvalue weighted by Gasteiger charge is 2.32. The van der Waals surface area contributed by atoms with E-state index in [-0.39, 0.29) is 18.2 Å². The Morgan fingerprint density at radius 3 is 2.76 bits per heavy atom. The summed E-state index contributed by atoms with van der Waals surface area (Å²) in [5, 5.41) is 3.49. The Morgan fingerprint density at radius 1 is 1.38 bits per heavy atom. The Hall–Kier alpha value is -0.850. The number of carbonyl (C=O) groups is 1. The number of rotatable bonds is 3.